The molecule has 0 saturated heterocycles. The maximum atomic E-state index is 6.93. The average Bonchev–Trinajstić information content (AvgIpc) is 4.23. The quantitative estimate of drug-likeness (QED) is 0.0658. The Labute approximate surface area is 469 Å². The third-order valence-corrected chi connectivity index (χ3v) is 21.2. The van der Waals surface area contributed by atoms with E-state index in [2.05, 4.69) is 304 Å². The number of hydrogen-bond acceptors (Lipinski definition) is 2. The van der Waals surface area contributed by atoms with Gasteiger partial charge in [-0.25, -0.2) is 4.98 Å². The van der Waals surface area contributed by atoms with E-state index in [0.29, 0.717) is 0 Å². The highest BCUT2D eigenvalue weighted by molar-refractivity contribution is 7.20. The van der Waals surface area contributed by atoms with Crippen LogP contribution in [-0.4, -0.2) is 22.2 Å². The van der Waals surface area contributed by atoms with Crippen LogP contribution in [0.3, 0.4) is 0 Å². The van der Waals surface area contributed by atoms with E-state index in [1.807, 2.05) is 12.3 Å². The monoisotopic (exact) mass is 1050 g/mol. The fraction of sp³-hybridized carbons (Fsp3) is 0.108. The maximum Gasteiger partial charge on any atom is 0.269 e. The number of fused-ring (bicyclic) bond motifs is 10. The molecule has 4 heterocycles. The van der Waals surface area contributed by atoms with Gasteiger partial charge in [-0.1, -0.05) is 236 Å². The van der Waals surface area contributed by atoms with Gasteiger partial charge >= 0.3 is 0 Å². The van der Waals surface area contributed by atoms with Crippen LogP contribution in [0.4, 0.5) is 0 Å². The van der Waals surface area contributed by atoms with Crippen molar-refractivity contribution in [2.24, 2.45) is 0 Å². The molecule has 80 heavy (non-hydrogen) atoms. The number of hydrogen-bond donors (Lipinski definition) is 0. The zero-order chi connectivity index (χ0) is 54.3. The number of aromatic nitrogens is 4. The summed E-state index contributed by atoms with van der Waals surface area (Å²) in [7, 11) is -2.93. The molecule has 0 bridgehead atoms. The molecular formula is C74H60N4OSi. The fourth-order valence-corrected chi connectivity index (χ4v) is 17.4. The van der Waals surface area contributed by atoms with Gasteiger partial charge in [0.1, 0.15) is 17.3 Å². The van der Waals surface area contributed by atoms with Crippen molar-refractivity contribution in [1.82, 2.24) is 14.1 Å². The predicted molar refractivity (Wildman–Crippen MR) is 333 cm³/mol. The molecule has 3 aromatic heterocycles. The van der Waals surface area contributed by atoms with E-state index in [1.54, 1.807) is 0 Å². The Morgan fingerprint density at radius 2 is 1.00 bits per heavy atom. The van der Waals surface area contributed by atoms with Crippen molar-refractivity contribution >= 4 is 61.7 Å². The number of nitrogens with zero attached hydrogens (tertiary/aromatic N) is 4. The van der Waals surface area contributed by atoms with E-state index in [-0.39, 0.29) is 10.8 Å². The van der Waals surface area contributed by atoms with Gasteiger partial charge in [0.2, 0.25) is 0 Å². The van der Waals surface area contributed by atoms with Crippen LogP contribution in [0.15, 0.2) is 255 Å². The summed E-state index contributed by atoms with van der Waals surface area (Å²) in [5, 5.41) is 7.66. The summed E-state index contributed by atoms with van der Waals surface area (Å²) < 4.78 is 13.8. The van der Waals surface area contributed by atoms with Gasteiger partial charge < -0.3 is 4.74 Å². The Bertz CT molecular complexity index is 4430. The van der Waals surface area contributed by atoms with Crippen LogP contribution in [-0.2, 0) is 10.8 Å². The van der Waals surface area contributed by atoms with Crippen molar-refractivity contribution < 1.29 is 9.30 Å². The second-order valence-corrected chi connectivity index (χ2v) is 27.1. The molecule has 0 saturated carbocycles. The first kappa shape index (κ1) is 49.0. The highest BCUT2D eigenvalue weighted by atomic mass is 28.3. The topological polar surface area (TPSA) is 35.9 Å². The lowest BCUT2D eigenvalue weighted by Gasteiger charge is -2.35. The van der Waals surface area contributed by atoms with Gasteiger partial charge in [-0.05, 0) is 125 Å². The minimum absolute atomic E-state index is 0.0316. The largest absolute Gasteiger partial charge is 0.458 e. The van der Waals surface area contributed by atoms with Crippen molar-refractivity contribution in [1.29, 1.82) is 0 Å². The molecule has 6 heteroatoms. The first-order valence-corrected chi connectivity index (χ1v) is 29.8. The molecule has 0 N–H and O–H groups in total. The molecule has 1 aliphatic heterocycles. The molecule has 5 nitrogen and oxygen atoms in total. The predicted octanol–water partition coefficient (Wildman–Crippen LogP) is 15.3. The zero-order valence-electron chi connectivity index (χ0n) is 45.9. The Morgan fingerprint density at radius 3 is 1.70 bits per heavy atom. The molecule has 0 spiro atoms. The van der Waals surface area contributed by atoms with Crippen molar-refractivity contribution in [2.75, 3.05) is 0 Å². The summed E-state index contributed by atoms with van der Waals surface area (Å²) in [6.45, 7) is 13.7. The molecule has 1 aliphatic rings. The van der Waals surface area contributed by atoms with E-state index < -0.39 is 8.07 Å². The second kappa shape index (κ2) is 18.9. The van der Waals surface area contributed by atoms with Gasteiger partial charge in [0.05, 0.1) is 33.4 Å². The third kappa shape index (κ3) is 7.96. The summed E-state index contributed by atoms with van der Waals surface area (Å²) in [6.07, 6.45) is 5.97. The van der Waals surface area contributed by atoms with E-state index in [0.717, 1.165) is 67.3 Å². The normalized spacial score (nSPS) is 12.4. The van der Waals surface area contributed by atoms with Crippen molar-refractivity contribution in [3.8, 4) is 62.1 Å². The number of para-hydroxylation sites is 3. The summed E-state index contributed by atoms with van der Waals surface area (Å²) in [4.78, 5) is 4.94. The first-order chi connectivity index (χ1) is 38.9. The lowest BCUT2D eigenvalue weighted by Crippen LogP contribution is -2.74. The van der Waals surface area contributed by atoms with Gasteiger partial charge in [0.15, 0.2) is 8.07 Å². The molecule has 386 valence electrons. The molecule has 0 unspecified atom stereocenters. The van der Waals surface area contributed by atoms with Crippen molar-refractivity contribution in [3.05, 3.63) is 272 Å². The van der Waals surface area contributed by atoms with Crippen molar-refractivity contribution in [3.63, 3.8) is 0 Å². The molecule has 10 aromatic carbocycles. The lowest BCUT2D eigenvalue weighted by molar-refractivity contribution is -0.572. The minimum Gasteiger partial charge on any atom is -0.458 e. The summed E-state index contributed by atoms with van der Waals surface area (Å²) >= 11 is 0. The molecule has 0 atom stereocenters. The number of imidazole rings is 1. The average molecular weight is 1050 g/mol. The van der Waals surface area contributed by atoms with Gasteiger partial charge in [0.25, 0.3) is 6.33 Å². The van der Waals surface area contributed by atoms with Crippen molar-refractivity contribution in [2.45, 2.75) is 52.4 Å². The molecule has 13 aromatic rings. The molecule has 14 rings (SSSR count). The Kier molecular flexibility index (Phi) is 11.6. The smallest absolute Gasteiger partial charge is 0.269 e. The number of ether oxygens (including phenoxy) is 1. The standard InChI is InChI=1S/C74H60N4OSi/c1-73(2,3)50-43-44-75-70(45-50)78-67-37-19-18-33-61(67)62-41-39-53(47-69(62)78)79-52-24-20-23-51(46-52)76-49-77-71-64(34-21-36-66(71)74(4,5)6)65-48-57(40-42-60(65)58-31-16-17-32-59(58)63-35-22-38-68(76)72(63)77)80(54-25-10-7-11-26-54,55-27-12-8-13-28-55)56-29-14-9-15-30-56/h7-48H,1-6H3. The fourth-order valence-electron chi connectivity index (χ4n) is 12.7. The van der Waals surface area contributed by atoms with E-state index in [9.17, 15) is 0 Å². The van der Waals surface area contributed by atoms with Crippen LogP contribution >= 0.6 is 0 Å². The van der Waals surface area contributed by atoms with Crippen LogP contribution in [0.2, 0.25) is 0 Å². The molecular weight excluding hydrogens is 989 g/mol. The van der Waals surface area contributed by atoms with Crippen LogP contribution in [0.25, 0.3) is 83.4 Å². The maximum absolute atomic E-state index is 6.93. The second-order valence-electron chi connectivity index (χ2n) is 23.3. The van der Waals surface area contributed by atoms with Crippen LogP contribution in [0, 0.1) is 6.33 Å². The summed E-state index contributed by atoms with van der Waals surface area (Å²) in [5.41, 5.74) is 15.5. The van der Waals surface area contributed by atoms with Gasteiger partial charge in [-0.3, -0.25) is 13.7 Å². The SMILES string of the molecule is CC(C)(C)c1ccnc(-n2c3ccccc3c3ccc(Oc4cccc(-n5[c-][n+]6c7c(cccc75)-c5ccccc5-c5ccc([Si](c7ccccc7)(c7ccccc7)c7ccccc7)cc5-c5cccc(C(C)(C)C)c5-6)c4)cc32)c1. The van der Waals surface area contributed by atoms with Gasteiger partial charge in [-0.2, -0.15) is 0 Å². The molecule has 0 aliphatic carbocycles. The third-order valence-electron chi connectivity index (χ3n) is 16.4. The van der Waals surface area contributed by atoms with E-state index >= 15 is 0 Å². The van der Waals surface area contributed by atoms with Crippen LogP contribution in [0.1, 0.15) is 52.7 Å². The summed E-state index contributed by atoms with van der Waals surface area (Å²) in [6, 6.07) is 91.5. The molecule has 0 radical (unpaired) electrons. The first-order valence-electron chi connectivity index (χ1n) is 27.8. The van der Waals surface area contributed by atoms with Gasteiger partial charge in [-0.15, -0.1) is 0 Å². The highest BCUT2D eigenvalue weighted by Crippen LogP contribution is 2.45. The van der Waals surface area contributed by atoms with E-state index in [1.165, 1.54) is 59.5 Å². The minimum atomic E-state index is -2.93. The number of benzene rings is 10. The number of rotatable bonds is 8. The lowest BCUT2D eigenvalue weighted by atomic mass is 9.82. The number of pyridine rings is 1. The Morgan fingerprint density at radius 1 is 0.425 bits per heavy atom. The Hall–Kier alpha value is -9.36. The van der Waals surface area contributed by atoms with E-state index in [4.69, 9.17) is 9.72 Å². The summed E-state index contributed by atoms with van der Waals surface area (Å²) in [5.74, 6) is 2.35. The highest BCUT2D eigenvalue weighted by Gasteiger charge is 2.42. The molecule has 0 fully saturated rings. The van der Waals surface area contributed by atoms with Crippen LogP contribution < -0.4 is 30.1 Å². The Balaban J connectivity index is 0.970. The van der Waals surface area contributed by atoms with Crippen LogP contribution in [0.5, 0.6) is 11.5 Å². The molecule has 0 amide bonds. The van der Waals surface area contributed by atoms with Gasteiger partial charge in [0, 0.05) is 23.0 Å². The zero-order valence-corrected chi connectivity index (χ0v) is 46.9.